The Morgan fingerprint density at radius 1 is 1.33 bits per heavy atom. The Hall–Kier alpha value is -0.120. The average molecular weight is 254 g/mol. The molecule has 1 heterocycles. The van der Waals surface area contributed by atoms with Crippen LogP contribution in [0, 0.1) is 5.92 Å². The number of ether oxygens (including phenoxy) is 1. The van der Waals surface area contributed by atoms with Crippen LogP contribution in [0.5, 0.6) is 0 Å². The van der Waals surface area contributed by atoms with Crippen LogP contribution in [0.3, 0.4) is 0 Å². The SMILES string of the molecule is CC(C)COCCN1CC2(CCCC2)NCC1C. The molecule has 0 amide bonds. The van der Waals surface area contributed by atoms with Gasteiger partial charge in [-0.25, -0.2) is 0 Å². The van der Waals surface area contributed by atoms with Crippen molar-refractivity contribution in [3.63, 3.8) is 0 Å². The van der Waals surface area contributed by atoms with Crippen LogP contribution in [0.1, 0.15) is 46.5 Å². The first-order valence-corrected chi connectivity index (χ1v) is 7.68. The maximum atomic E-state index is 5.74. The number of nitrogens with zero attached hydrogens (tertiary/aromatic N) is 1. The van der Waals surface area contributed by atoms with Crippen molar-refractivity contribution in [3.05, 3.63) is 0 Å². The zero-order valence-electron chi connectivity index (χ0n) is 12.4. The van der Waals surface area contributed by atoms with Gasteiger partial charge in [-0.3, -0.25) is 4.90 Å². The number of hydrogen-bond donors (Lipinski definition) is 1. The Bertz CT molecular complexity index is 249. The molecule has 0 aromatic heterocycles. The van der Waals surface area contributed by atoms with E-state index in [4.69, 9.17) is 4.74 Å². The lowest BCUT2D eigenvalue weighted by Gasteiger charge is -2.45. The van der Waals surface area contributed by atoms with Gasteiger partial charge in [0, 0.05) is 37.8 Å². The summed E-state index contributed by atoms with van der Waals surface area (Å²) in [7, 11) is 0. The molecular weight excluding hydrogens is 224 g/mol. The summed E-state index contributed by atoms with van der Waals surface area (Å²) in [5.41, 5.74) is 0.435. The summed E-state index contributed by atoms with van der Waals surface area (Å²) in [6.45, 7) is 12.0. The second-order valence-electron chi connectivity index (χ2n) is 6.66. The molecule has 0 aromatic rings. The second-order valence-corrected chi connectivity index (χ2v) is 6.66. The molecule has 0 radical (unpaired) electrons. The molecule has 0 bridgehead atoms. The molecule has 1 saturated carbocycles. The minimum absolute atomic E-state index is 0.435. The van der Waals surface area contributed by atoms with Crippen molar-refractivity contribution >= 4 is 0 Å². The third-order valence-corrected chi connectivity index (χ3v) is 4.44. The summed E-state index contributed by atoms with van der Waals surface area (Å²) in [6, 6.07) is 0.652. The fraction of sp³-hybridized carbons (Fsp3) is 1.00. The molecular formula is C15H30N2O. The third-order valence-electron chi connectivity index (χ3n) is 4.44. The summed E-state index contributed by atoms with van der Waals surface area (Å²) in [5, 5.41) is 3.80. The quantitative estimate of drug-likeness (QED) is 0.762. The fourth-order valence-corrected chi connectivity index (χ4v) is 3.28. The van der Waals surface area contributed by atoms with E-state index in [-0.39, 0.29) is 0 Å². The molecule has 18 heavy (non-hydrogen) atoms. The summed E-state index contributed by atoms with van der Waals surface area (Å²) in [5.74, 6) is 0.645. The minimum Gasteiger partial charge on any atom is -0.380 e. The maximum Gasteiger partial charge on any atom is 0.0593 e. The molecule has 1 aliphatic heterocycles. The Labute approximate surface area is 112 Å². The summed E-state index contributed by atoms with van der Waals surface area (Å²) in [4.78, 5) is 2.63. The van der Waals surface area contributed by atoms with Gasteiger partial charge in [-0.2, -0.15) is 0 Å². The third kappa shape index (κ3) is 3.69. The molecule has 1 aliphatic carbocycles. The topological polar surface area (TPSA) is 24.5 Å². The smallest absolute Gasteiger partial charge is 0.0593 e. The molecule has 1 saturated heterocycles. The summed E-state index contributed by atoms with van der Waals surface area (Å²) >= 11 is 0. The lowest BCUT2D eigenvalue weighted by atomic mass is 9.92. The van der Waals surface area contributed by atoms with Crippen LogP contribution in [0.25, 0.3) is 0 Å². The first-order valence-electron chi connectivity index (χ1n) is 7.68. The van der Waals surface area contributed by atoms with Crippen LogP contribution >= 0.6 is 0 Å². The van der Waals surface area contributed by atoms with E-state index in [0.717, 1.165) is 26.3 Å². The highest BCUT2D eigenvalue weighted by Gasteiger charge is 2.39. The van der Waals surface area contributed by atoms with E-state index in [1.807, 2.05) is 0 Å². The molecule has 2 fully saturated rings. The van der Waals surface area contributed by atoms with Crippen LogP contribution in [-0.4, -0.2) is 49.3 Å². The van der Waals surface area contributed by atoms with Gasteiger partial charge in [-0.1, -0.05) is 26.7 Å². The van der Waals surface area contributed by atoms with Crippen LogP contribution in [0.2, 0.25) is 0 Å². The van der Waals surface area contributed by atoms with Crippen molar-refractivity contribution in [2.24, 2.45) is 5.92 Å². The van der Waals surface area contributed by atoms with E-state index < -0.39 is 0 Å². The molecule has 1 spiro atoms. The van der Waals surface area contributed by atoms with Gasteiger partial charge in [0.05, 0.1) is 6.61 Å². The first kappa shape index (κ1) is 14.3. The van der Waals surface area contributed by atoms with E-state index in [1.54, 1.807) is 0 Å². The molecule has 0 aromatic carbocycles. The van der Waals surface area contributed by atoms with Gasteiger partial charge in [0.1, 0.15) is 0 Å². The number of nitrogens with one attached hydrogen (secondary N) is 1. The van der Waals surface area contributed by atoms with Gasteiger partial charge < -0.3 is 10.1 Å². The Kier molecular flexibility index (Phi) is 5.05. The predicted octanol–water partition coefficient (Wildman–Crippen LogP) is 2.27. The van der Waals surface area contributed by atoms with Gasteiger partial charge in [0.15, 0.2) is 0 Å². The molecule has 1 N–H and O–H groups in total. The van der Waals surface area contributed by atoms with Crippen LogP contribution in [0.4, 0.5) is 0 Å². The molecule has 2 rings (SSSR count). The van der Waals surface area contributed by atoms with Crippen LogP contribution < -0.4 is 5.32 Å². The van der Waals surface area contributed by atoms with E-state index in [9.17, 15) is 0 Å². The average Bonchev–Trinajstić information content (AvgIpc) is 2.77. The minimum atomic E-state index is 0.435. The van der Waals surface area contributed by atoms with Gasteiger partial charge in [-0.05, 0) is 25.7 Å². The van der Waals surface area contributed by atoms with Gasteiger partial charge in [0.25, 0.3) is 0 Å². The van der Waals surface area contributed by atoms with Gasteiger partial charge in [-0.15, -0.1) is 0 Å². The van der Waals surface area contributed by atoms with Crippen molar-refractivity contribution in [1.29, 1.82) is 0 Å². The number of piperazine rings is 1. The molecule has 106 valence electrons. The van der Waals surface area contributed by atoms with E-state index in [0.29, 0.717) is 17.5 Å². The highest BCUT2D eigenvalue weighted by atomic mass is 16.5. The second kappa shape index (κ2) is 6.36. The zero-order valence-corrected chi connectivity index (χ0v) is 12.4. The lowest BCUT2D eigenvalue weighted by Crippen LogP contribution is -2.62. The van der Waals surface area contributed by atoms with Crippen LogP contribution in [0.15, 0.2) is 0 Å². The maximum absolute atomic E-state index is 5.74. The molecule has 1 atom stereocenters. The van der Waals surface area contributed by atoms with E-state index in [2.05, 4.69) is 31.0 Å². The van der Waals surface area contributed by atoms with Gasteiger partial charge in [0.2, 0.25) is 0 Å². The zero-order chi connectivity index (χ0) is 13.0. The number of rotatable bonds is 5. The van der Waals surface area contributed by atoms with E-state index >= 15 is 0 Å². The molecule has 3 nitrogen and oxygen atoms in total. The lowest BCUT2D eigenvalue weighted by molar-refractivity contribution is 0.0401. The predicted molar refractivity (Wildman–Crippen MR) is 75.9 cm³/mol. The largest absolute Gasteiger partial charge is 0.380 e. The molecule has 3 heteroatoms. The van der Waals surface area contributed by atoms with Crippen molar-refractivity contribution in [3.8, 4) is 0 Å². The number of hydrogen-bond acceptors (Lipinski definition) is 3. The Morgan fingerprint density at radius 2 is 2.06 bits per heavy atom. The Balaban J connectivity index is 1.75. The summed E-state index contributed by atoms with van der Waals surface area (Å²) in [6.07, 6.45) is 5.53. The summed E-state index contributed by atoms with van der Waals surface area (Å²) < 4.78 is 5.74. The normalized spacial score (nSPS) is 28.3. The van der Waals surface area contributed by atoms with Crippen molar-refractivity contribution in [1.82, 2.24) is 10.2 Å². The molecule has 1 unspecified atom stereocenters. The van der Waals surface area contributed by atoms with E-state index in [1.165, 1.54) is 32.2 Å². The first-order chi connectivity index (χ1) is 8.61. The fourth-order valence-electron chi connectivity index (χ4n) is 3.28. The molecule has 2 aliphatic rings. The Morgan fingerprint density at radius 3 is 2.72 bits per heavy atom. The van der Waals surface area contributed by atoms with Crippen molar-refractivity contribution in [2.75, 3.05) is 32.8 Å². The van der Waals surface area contributed by atoms with Crippen LogP contribution in [-0.2, 0) is 4.74 Å². The highest BCUT2D eigenvalue weighted by molar-refractivity contribution is 5.00. The van der Waals surface area contributed by atoms with Gasteiger partial charge >= 0.3 is 0 Å². The monoisotopic (exact) mass is 254 g/mol. The standard InChI is InChI=1S/C15H30N2O/c1-13(2)11-18-9-8-17-12-15(6-4-5-7-15)16-10-14(17)3/h13-14,16H,4-12H2,1-3H3. The van der Waals surface area contributed by atoms with Crippen molar-refractivity contribution in [2.45, 2.75) is 58.0 Å². The highest BCUT2D eigenvalue weighted by Crippen LogP contribution is 2.32. The van der Waals surface area contributed by atoms with Crippen molar-refractivity contribution < 1.29 is 4.74 Å².